The third-order valence-electron chi connectivity index (χ3n) is 2.63. The van der Waals surface area contributed by atoms with Crippen LogP contribution in [0, 0.1) is 11.3 Å². The fourth-order valence-corrected chi connectivity index (χ4v) is 1.72. The quantitative estimate of drug-likeness (QED) is 0.820. The van der Waals surface area contributed by atoms with Gasteiger partial charge in [0.05, 0.1) is 23.1 Å². The second kappa shape index (κ2) is 4.83. The van der Waals surface area contributed by atoms with Gasteiger partial charge < -0.3 is 5.73 Å². The number of anilines is 1. The van der Waals surface area contributed by atoms with Crippen molar-refractivity contribution in [2.75, 3.05) is 5.73 Å². The lowest BCUT2D eigenvalue weighted by molar-refractivity contribution is 0.510. The van der Waals surface area contributed by atoms with Crippen molar-refractivity contribution in [2.45, 2.75) is 46.1 Å². The van der Waals surface area contributed by atoms with Crippen LogP contribution in [0.3, 0.4) is 0 Å². The van der Waals surface area contributed by atoms with Gasteiger partial charge in [-0.2, -0.15) is 10.4 Å². The number of hydrogen-bond acceptors (Lipinski definition) is 3. The molecule has 0 amide bonds. The molecule has 1 aromatic heterocycles. The van der Waals surface area contributed by atoms with Crippen LogP contribution in [-0.2, 0) is 12.8 Å². The van der Waals surface area contributed by atoms with Crippen molar-refractivity contribution in [1.29, 1.82) is 5.26 Å². The lowest BCUT2D eigenvalue weighted by Gasteiger charge is -2.10. The average molecular weight is 206 g/mol. The normalized spacial score (nSPS) is 12.4. The number of nitrogens with two attached hydrogens (primary N) is 1. The summed E-state index contributed by atoms with van der Waals surface area (Å²) in [5, 5.41) is 13.4. The molecule has 0 bridgehead atoms. The summed E-state index contributed by atoms with van der Waals surface area (Å²) in [6.07, 6.45) is 2.39. The molecule has 1 unspecified atom stereocenters. The van der Waals surface area contributed by atoms with Crippen molar-refractivity contribution in [3.05, 3.63) is 11.4 Å². The number of aromatic nitrogens is 2. The molecule has 1 heterocycles. The van der Waals surface area contributed by atoms with Crippen LogP contribution in [0.1, 0.15) is 44.6 Å². The van der Waals surface area contributed by atoms with E-state index in [0.717, 1.165) is 36.3 Å². The summed E-state index contributed by atoms with van der Waals surface area (Å²) >= 11 is 0. The molecule has 1 rings (SSSR count). The van der Waals surface area contributed by atoms with Crippen LogP contribution >= 0.6 is 0 Å². The maximum absolute atomic E-state index is 9.02. The van der Waals surface area contributed by atoms with E-state index in [1.807, 2.05) is 20.8 Å². The average Bonchev–Trinajstić information content (AvgIpc) is 2.57. The highest BCUT2D eigenvalue weighted by Crippen LogP contribution is 2.23. The van der Waals surface area contributed by atoms with E-state index in [0.29, 0.717) is 0 Å². The van der Waals surface area contributed by atoms with E-state index in [1.54, 1.807) is 4.68 Å². The van der Waals surface area contributed by atoms with E-state index in [2.05, 4.69) is 11.2 Å². The Bertz CT molecular complexity index is 373. The third-order valence-corrected chi connectivity index (χ3v) is 2.63. The number of aryl methyl sites for hydroxylation is 1. The molecule has 0 radical (unpaired) electrons. The molecule has 0 aliphatic rings. The van der Waals surface area contributed by atoms with E-state index in [1.165, 1.54) is 0 Å². The number of nitrogens with zero attached hydrogens (tertiary/aromatic N) is 3. The number of nitrogen functional groups attached to an aromatic ring is 1. The zero-order valence-corrected chi connectivity index (χ0v) is 9.62. The van der Waals surface area contributed by atoms with Gasteiger partial charge in [0.25, 0.3) is 0 Å². The van der Waals surface area contributed by atoms with Gasteiger partial charge in [-0.1, -0.05) is 20.8 Å². The van der Waals surface area contributed by atoms with Gasteiger partial charge >= 0.3 is 0 Å². The van der Waals surface area contributed by atoms with Crippen LogP contribution in [0.25, 0.3) is 0 Å². The highest BCUT2D eigenvalue weighted by molar-refractivity contribution is 5.48. The van der Waals surface area contributed by atoms with E-state index in [-0.39, 0.29) is 6.04 Å². The van der Waals surface area contributed by atoms with Gasteiger partial charge in [-0.05, 0) is 19.3 Å². The maximum atomic E-state index is 9.02. The van der Waals surface area contributed by atoms with Crippen LogP contribution in [-0.4, -0.2) is 9.78 Å². The molecule has 1 atom stereocenters. The number of hydrogen-bond donors (Lipinski definition) is 1. The SMILES string of the molecule is CCc1nn(C(C#N)CC)c(CC)c1N. The predicted octanol–water partition coefficient (Wildman–Crippen LogP) is 2.06. The number of rotatable bonds is 4. The summed E-state index contributed by atoms with van der Waals surface area (Å²) in [4.78, 5) is 0. The molecule has 82 valence electrons. The van der Waals surface area contributed by atoms with Crippen molar-refractivity contribution in [3.8, 4) is 6.07 Å². The second-order valence-electron chi connectivity index (χ2n) is 3.51. The number of nitriles is 1. The minimum absolute atomic E-state index is 0.192. The molecule has 15 heavy (non-hydrogen) atoms. The summed E-state index contributed by atoms with van der Waals surface area (Å²) < 4.78 is 1.79. The van der Waals surface area contributed by atoms with Gasteiger partial charge in [-0.15, -0.1) is 0 Å². The first-order valence-corrected chi connectivity index (χ1v) is 5.44. The zero-order chi connectivity index (χ0) is 11.4. The molecule has 4 heteroatoms. The Hall–Kier alpha value is -1.50. The lowest BCUT2D eigenvalue weighted by atomic mass is 10.2. The van der Waals surface area contributed by atoms with Gasteiger partial charge in [0, 0.05) is 0 Å². The molecule has 0 fully saturated rings. The van der Waals surface area contributed by atoms with E-state index < -0.39 is 0 Å². The summed E-state index contributed by atoms with van der Waals surface area (Å²) in [6, 6.07) is 2.06. The summed E-state index contributed by atoms with van der Waals surface area (Å²) in [6.45, 7) is 6.04. The van der Waals surface area contributed by atoms with Gasteiger partial charge in [0.1, 0.15) is 6.04 Å². The van der Waals surface area contributed by atoms with Gasteiger partial charge in [-0.3, -0.25) is 0 Å². The Labute approximate surface area is 90.7 Å². The Kier molecular flexibility index (Phi) is 3.73. The van der Waals surface area contributed by atoms with Crippen molar-refractivity contribution in [2.24, 2.45) is 0 Å². The largest absolute Gasteiger partial charge is 0.396 e. The molecule has 0 saturated carbocycles. The molecular formula is C11H18N4. The summed E-state index contributed by atoms with van der Waals surface area (Å²) in [5.41, 5.74) is 8.63. The van der Waals surface area contributed by atoms with Crippen LogP contribution in [0.15, 0.2) is 0 Å². The highest BCUT2D eigenvalue weighted by Gasteiger charge is 2.17. The molecule has 0 aliphatic heterocycles. The van der Waals surface area contributed by atoms with Crippen LogP contribution in [0.4, 0.5) is 5.69 Å². The van der Waals surface area contributed by atoms with E-state index in [4.69, 9.17) is 11.0 Å². The van der Waals surface area contributed by atoms with Crippen molar-refractivity contribution in [3.63, 3.8) is 0 Å². The molecular weight excluding hydrogens is 188 g/mol. The minimum atomic E-state index is -0.192. The predicted molar refractivity (Wildman–Crippen MR) is 60.3 cm³/mol. The van der Waals surface area contributed by atoms with Gasteiger partial charge in [0.2, 0.25) is 0 Å². The molecule has 2 N–H and O–H groups in total. The first-order valence-electron chi connectivity index (χ1n) is 5.44. The lowest BCUT2D eigenvalue weighted by Crippen LogP contribution is -2.11. The smallest absolute Gasteiger partial charge is 0.138 e. The fraction of sp³-hybridized carbons (Fsp3) is 0.636. The Morgan fingerprint density at radius 1 is 1.40 bits per heavy atom. The molecule has 1 aromatic rings. The Morgan fingerprint density at radius 2 is 2.07 bits per heavy atom. The standard InChI is InChI=1S/C11H18N4/c1-4-8(7-12)15-10(6-3)11(13)9(5-2)14-15/h8H,4-6,13H2,1-3H3. The van der Waals surface area contributed by atoms with Gasteiger partial charge in [0.15, 0.2) is 0 Å². The Balaban J connectivity index is 3.23. The monoisotopic (exact) mass is 206 g/mol. The topological polar surface area (TPSA) is 67.6 Å². The van der Waals surface area contributed by atoms with Crippen LogP contribution < -0.4 is 5.73 Å². The zero-order valence-electron chi connectivity index (χ0n) is 9.62. The minimum Gasteiger partial charge on any atom is -0.396 e. The van der Waals surface area contributed by atoms with Crippen molar-refractivity contribution >= 4 is 5.69 Å². The Morgan fingerprint density at radius 3 is 2.47 bits per heavy atom. The molecule has 0 spiro atoms. The first kappa shape index (κ1) is 11.6. The summed E-state index contributed by atoms with van der Waals surface area (Å²) in [5.74, 6) is 0. The second-order valence-corrected chi connectivity index (χ2v) is 3.51. The third kappa shape index (κ3) is 1.96. The maximum Gasteiger partial charge on any atom is 0.138 e. The molecule has 4 nitrogen and oxygen atoms in total. The first-order chi connectivity index (χ1) is 7.19. The van der Waals surface area contributed by atoms with Gasteiger partial charge in [-0.25, -0.2) is 4.68 Å². The van der Waals surface area contributed by atoms with Crippen LogP contribution in [0.5, 0.6) is 0 Å². The molecule has 0 saturated heterocycles. The fourth-order valence-electron chi connectivity index (χ4n) is 1.72. The summed E-state index contributed by atoms with van der Waals surface area (Å²) in [7, 11) is 0. The highest BCUT2D eigenvalue weighted by atomic mass is 15.3. The molecule has 0 aliphatic carbocycles. The van der Waals surface area contributed by atoms with E-state index >= 15 is 0 Å². The van der Waals surface area contributed by atoms with Crippen molar-refractivity contribution < 1.29 is 0 Å². The molecule has 0 aromatic carbocycles. The van der Waals surface area contributed by atoms with Crippen molar-refractivity contribution in [1.82, 2.24) is 9.78 Å². The van der Waals surface area contributed by atoms with Crippen LogP contribution in [0.2, 0.25) is 0 Å². The van der Waals surface area contributed by atoms with E-state index in [9.17, 15) is 0 Å².